The molecule has 0 radical (unpaired) electrons. The van der Waals surface area contributed by atoms with Crippen molar-refractivity contribution in [2.45, 2.75) is 12.8 Å². The summed E-state index contributed by atoms with van der Waals surface area (Å²) in [6, 6.07) is 9.85. The Labute approximate surface area is 158 Å². The van der Waals surface area contributed by atoms with Crippen molar-refractivity contribution in [3.05, 3.63) is 46.3 Å². The van der Waals surface area contributed by atoms with E-state index in [4.69, 9.17) is 17.3 Å². The number of carboxylic acid groups (broad SMARTS) is 1. The highest BCUT2D eigenvalue weighted by Crippen LogP contribution is 2.33. The average Bonchev–Trinajstić information content (AvgIpc) is 3.16. The summed E-state index contributed by atoms with van der Waals surface area (Å²) in [6.07, 6.45) is 2.13. The van der Waals surface area contributed by atoms with E-state index < -0.39 is 5.97 Å². The van der Waals surface area contributed by atoms with E-state index in [0.717, 1.165) is 16.3 Å². The molecule has 0 atom stereocenters. The molecule has 2 heterocycles. The fourth-order valence-corrected chi connectivity index (χ4v) is 4.36. The molecule has 1 saturated heterocycles. The number of thiocarbonyl (C=S) groups is 1. The maximum atomic E-state index is 12.5. The van der Waals surface area contributed by atoms with Crippen molar-refractivity contribution < 1.29 is 14.7 Å². The number of rotatable bonds is 6. The highest BCUT2D eigenvalue weighted by molar-refractivity contribution is 8.26. The molecule has 1 aliphatic heterocycles. The fourth-order valence-electron chi connectivity index (χ4n) is 2.28. The first-order chi connectivity index (χ1) is 12.0. The van der Waals surface area contributed by atoms with Crippen molar-refractivity contribution in [1.29, 1.82) is 0 Å². The van der Waals surface area contributed by atoms with Gasteiger partial charge in [-0.3, -0.25) is 14.5 Å². The van der Waals surface area contributed by atoms with E-state index in [1.807, 2.05) is 35.7 Å². The van der Waals surface area contributed by atoms with Crippen molar-refractivity contribution in [1.82, 2.24) is 9.88 Å². The summed E-state index contributed by atoms with van der Waals surface area (Å²) in [5, 5.41) is 11.5. The quantitative estimate of drug-likeness (QED) is 0.596. The molecule has 0 saturated carbocycles. The molecule has 0 unspecified atom stereocenters. The third-order valence-electron chi connectivity index (χ3n) is 3.47. The minimum Gasteiger partial charge on any atom is -0.481 e. The van der Waals surface area contributed by atoms with E-state index in [9.17, 15) is 9.59 Å². The van der Waals surface area contributed by atoms with E-state index >= 15 is 0 Å². The van der Waals surface area contributed by atoms with Crippen LogP contribution in [0.3, 0.4) is 0 Å². The molecule has 128 valence electrons. The van der Waals surface area contributed by atoms with Crippen LogP contribution >= 0.6 is 35.3 Å². The first-order valence-electron chi connectivity index (χ1n) is 7.52. The van der Waals surface area contributed by atoms with Gasteiger partial charge in [-0.05, 0) is 12.5 Å². The van der Waals surface area contributed by atoms with Gasteiger partial charge in [0.25, 0.3) is 5.91 Å². The zero-order chi connectivity index (χ0) is 17.8. The lowest BCUT2D eigenvalue weighted by atomic mass is 10.2. The average molecular weight is 391 g/mol. The molecule has 5 nitrogen and oxygen atoms in total. The number of carboxylic acids is 1. The molecular weight excluding hydrogens is 376 g/mol. The molecule has 1 aliphatic rings. The molecule has 1 N–H and O–H groups in total. The van der Waals surface area contributed by atoms with Gasteiger partial charge in [0.05, 0.1) is 10.6 Å². The summed E-state index contributed by atoms with van der Waals surface area (Å²) in [5.41, 5.74) is 1.75. The molecule has 8 heteroatoms. The molecular formula is C17H14N2O3S3. The smallest absolute Gasteiger partial charge is 0.303 e. The number of aromatic nitrogens is 1. The number of carbonyl (C=O) groups is 2. The molecule has 1 amide bonds. The SMILES string of the molecule is O=C(O)CCCN1C(=O)/C(=C\c2csc(-c3ccccc3)n2)SC1=S. The molecule has 0 aliphatic carbocycles. The maximum absolute atomic E-state index is 12.5. The van der Waals surface area contributed by atoms with E-state index in [1.165, 1.54) is 28.0 Å². The number of hydrogen-bond acceptors (Lipinski definition) is 6. The van der Waals surface area contributed by atoms with Crippen LogP contribution < -0.4 is 0 Å². The minimum absolute atomic E-state index is 0.0165. The Hall–Kier alpha value is -2.03. The number of thiazole rings is 1. The van der Waals surface area contributed by atoms with E-state index in [-0.39, 0.29) is 12.3 Å². The lowest BCUT2D eigenvalue weighted by Gasteiger charge is -2.13. The van der Waals surface area contributed by atoms with Gasteiger partial charge in [0.1, 0.15) is 9.33 Å². The zero-order valence-corrected chi connectivity index (χ0v) is 15.5. The van der Waals surface area contributed by atoms with Gasteiger partial charge in [0.15, 0.2) is 0 Å². The molecule has 25 heavy (non-hydrogen) atoms. The largest absolute Gasteiger partial charge is 0.481 e. The number of aliphatic carboxylic acids is 1. The molecule has 1 aromatic carbocycles. The van der Waals surface area contributed by atoms with Crippen LogP contribution in [0.15, 0.2) is 40.6 Å². The maximum Gasteiger partial charge on any atom is 0.303 e. The molecule has 0 bridgehead atoms. The highest BCUT2D eigenvalue weighted by Gasteiger charge is 2.31. The first-order valence-corrected chi connectivity index (χ1v) is 9.63. The third kappa shape index (κ3) is 4.33. The van der Waals surface area contributed by atoms with Gasteiger partial charge in [-0.15, -0.1) is 11.3 Å². The summed E-state index contributed by atoms with van der Waals surface area (Å²) in [4.78, 5) is 29.6. The summed E-state index contributed by atoms with van der Waals surface area (Å²) in [5.74, 6) is -1.06. The number of nitrogens with zero attached hydrogens (tertiary/aromatic N) is 2. The Bertz CT molecular complexity index is 846. The predicted octanol–water partition coefficient (Wildman–Crippen LogP) is 3.88. The lowest BCUT2D eigenvalue weighted by molar-refractivity contribution is -0.137. The van der Waals surface area contributed by atoms with Gasteiger partial charge in [0.2, 0.25) is 0 Å². The highest BCUT2D eigenvalue weighted by atomic mass is 32.2. The van der Waals surface area contributed by atoms with Gasteiger partial charge >= 0.3 is 5.97 Å². The van der Waals surface area contributed by atoms with Crippen LogP contribution in [-0.4, -0.2) is 37.7 Å². The van der Waals surface area contributed by atoms with E-state index in [2.05, 4.69) is 4.98 Å². The normalized spacial score (nSPS) is 16.0. The van der Waals surface area contributed by atoms with Crippen LogP contribution in [0, 0.1) is 0 Å². The van der Waals surface area contributed by atoms with Crippen LogP contribution in [0.1, 0.15) is 18.5 Å². The predicted molar refractivity (Wildman–Crippen MR) is 104 cm³/mol. The Morgan fingerprint density at radius 1 is 1.32 bits per heavy atom. The van der Waals surface area contributed by atoms with Gasteiger partial charge in [-0.1, -0.05) is 54.3 Å². The molecule has 2 aromatic rings. The van der Waals surface area contributed by atoms with Crippen LogP contribution in [-0.2, 0) is 9.59 Å². The summed E-state index contributed by atoms with van der Waals surface area (Å²) < 4.78 is 0.458. The van der Waals surface area contributed by atoms with Gasteiger partial charge in [-0.2, -0.15) is 0 Å². The Balaban J connectivity index is 1.72. The number of hydrogen-bond donors (Lipinski definition) is 1. The Morgan fingerprint density at radius 2 is 2.08 bits per heavy atom. The molecule has 0 spiro atoms. The fraction of sp³-hybridized carbons (Fsp3) is 0.176. The van der Waals surface area contributed by atoms with Crippen LogP contribution in [0.4, 0.5) is 0 Å². The minimum atomic E-state index is -0.878. The zero-order valence-electron chi connectivity index (χ0n) is 13.0. The van der Waals surface area contributed by atoms with Crippen LogP contribution in [0.5, 0.6) is 0 Å². The van der Waals surface area contributed by atoms with E-state index in [0.29, 0.717) is 22.2 Å². The number of thioether (sulfide) groups is 1. The van der Waals surface area contributed by atoms with E-state index in [1.54, 1.807) is 6.08 Å². The number of amides is 1. The van der Waals surface area contributed by atoms with Crippen molar-refractivity contribution >= 4 is 57.6 Å². The Morgan fingerprint density at radius 3 is 2.80 bits per heavy atom. The summed E-state index contributed by atoms with van der Waals surface area (Å²) in [6.45, 7) is 0.320. The monoisotopic (exact) mass is 390 g/mol. The Kier molecular flexibility index (Phi) is 5.62. The number of carbonyl (C=O) groups excluding carboxylic acids is 1. The topological polar surface area (TPSA) is 70.5 Å². The summed E-state index contributed by atoms with van der Waals surface area (Å²) in [7, 11) is 0. The van der Waals surface area contributed by atoms with Gasteiger partial charge in [0, 0.05) is 23.9 Å². The second-order valence-corrected chi connectivity index (χ2v) is 7.81. The van der Waals surface area contributed by atoms with Crippen LogP contribution in [0.2, 0.25) is 0 Å². The van der Waals surface area contributed by atoms with Crippen molar-refractivity contribution in [3.63, 3.8) is 0 Å². The number of benzene rings is 1. The second kappa shape index (κ2) is 7.90. The van der Waals surface area contributed by atoms with Crippen molar-refractivity contribution in [3.8, 4) is 10.6 Å². The van der Waals surface area contributed by atoms with Gasteiger partial charge in [-0.25, -0.2) is 4.98 Å². The third-order valence-corrected chi connectivity index (χ3v) is 5.75. The molecule has 3 rings (SSSR count). The van der Waals surface area contributed by atoms with Crippen molar-refractivity contribution in [2.24, 2.45) is 0 Å². The molecule has 1 fully saturated rings. The lowest BCUT2D eigenvalue weighted by Crippen LogP contribution is -2.29. The first kappa shape index (κ1) is 17.8. The summed E-state index contributed by atoms with van der Waals surface area (Å²) >= 11 is 7.98. The standard InChI is InChI=1S/C17H14N2O3S3/c20-14(21)7-4-8-19-16(22)13(25-17(19)23)9-12-10-24-15(18-12)11-5-2-1-3-6-11/h1-3,5-6,9-10H,4,7-8H2,(H,20,21)/b13-9+. The van der Waals surface area contributed by atoms with Crippen LogP contribution in [0.25, 0.3) is 16.6 Å². The van der Waals surface area contributed by atoms with Gasteiger partial charge < -0.3 is 5.11 Å². The molecule has 1 aromatic heterocycles. The second-order valence-electron chi connectivity index (χ2n) is 5.27. The van der Waals surface area contributed by atoms with Crippen molar-refractivity contribution in [2.75, 3.05) is 6.54 Å².